The molecule has 0 aliphatic carbocycles. The molecule has 0 aliphatic heterocycles. The Hall–Kier alpha value is -5.41. The lowest BCUT2D eigenvalue weighted by Crippen LogP contribution is -2.29. The molecule has 0 bridgehead atoms. The Labute approximate surface area is 595 Å². The molecule has 0 amide bonds. The number of phosphoric ester groups is 1. The Morgan fingerprint density at radius 1 is 0.309 bits per heavy atom. The lowest BCUT2D eigenvalue weighted by Gasteiger charge is -2.19. The summed E-state index contributed by atoms with van der Waals surface area (Å²) in [4.78, 5) is 35.5. The van der Waals surface area contributed by atoms with Crippen molar-refractivity contribution in [3.63, 3.8) is 0 Å². The fourth-order valence-corrected chi connectivity index (χ4v) is 10.8. The van der Waals surface area contributed by atoms with Gasteiger partial charge in [-0.3, -0.25) is 18.6 Å². The number of unbranched alkanes of at least 4 members (excludes halogenated alkanes) is 23. The molecular weight excluding hydrogens is 1220 g/mol. The van der Waals surface area contributed by atoms with Crippen LogP contribution in [-0.4, -0.2) is 49.3 Å². The molecule has 0 saturated heterocycles. The molecule has 546 valence electrons. The summed E-state index contributed by atoms with van der Waals surface area (Å²) in [5.74, 6) is -0.841. The molecule has 0 rings (SSSR count). The number of esters is 2. The second-order valence-electron chi connectivity index (χ2n) is 24.8. The first-order valence-electron chi connectivity index (χ1n) is 38.6. The van der Waals surface area contributed by atoms with E-state index in [-0.39, 0.29) is 32.6 Å². The Kier molecular flexibility index (Phi) is 75.1. The summed E-state index contributed by atoms with van der Waals surface area (Å²) in [5.41, 5.74) is 5.41. The number of carbonyl (C=O) groups is 2. The van der Waals surface area contributed by atoms with Crippen LogP contribution in [0.5, 0.6) is 0 Å². The fraction of sp³-hybridized carbons (Fsp3) is 0.586. The van der Waals surface area contributed by atoms with Gasteiger partial charge in [0.15, 0.2) is 6.10 Å². The van der Waals surface area contributed by atoms with E-state index in [1.165, 1.54) is 103 Å². The molecule has 0 heterocycles. The van der Waals surface area contributed by atoms with Crippen molar-refractivity contribution in [3.05, 3.63) is 207 Å². The third kappa shape index (κ3) is 79.5. The summed E-state index contributed by atoms with van der Waals surface area (Å²) in [7, 11) is -4.41. The SMILES string of the molecule is CC/C=C\C/C=C\C/C=C\C/C=C\C/C=C\C/C=C\C/C=C\C/C=C\C/C=C\CCCCCCCCCCCCCCCC(=O)OC(COC(=O)CCCCCCCCCCCC/C=C\C/C=C\C/C=C\C/C=C\C/C=C\C/C=C\C/C=C\C/C=C\CC)COP(=O)(O)OCCN. The van der Waals surface area contributed by atoms with Crippen molar-refractivity contribution in [2.24, 2.45) is 5.73 Å². The van der Waals surface area contributed by atoms with E-state index in [0.29, 0.717) is 6.42 Å². The molecule has 0 aliphatic rings. The third-order valence-corrected chi connectivity index (χ3v) is 16.6. The molecule has 2 unspecified atom stereocenters. The van der Waals surface area contributed by atoms with E-state index in [1.54, 1.807) is 0 Å². The number of phosphoric acid groups is 1. The quantitative estimate of drug-likeness (QED) is 0.0264. The van der Waals surface area contributed by atoms with Gasteiger partial charge in [0, 0.05) is 19.4 Å². The van der Waals surface area contributed by atoms with Crippen LogP contribution in [0, 0.1) is 0 Å². The van der Waals surface area contributed by atoms with Crippen LogP contribution in [0.15, 0.2) is 207 Å². The predicted octanol–water partition coefficient (Wildman–Crippen LogP) is 26.2. The van der Waals surface area contributed by atoms with Gasteiger partial charge in [0.2, 0.25) is 0 Å². The van der Waals surface area contributed by atoms with Crippen molar-refractivity contribution in [2.45, 2.75) is 302 Å². The van der Waals surface area contributed by atoms with Crippen molar-refractivity contribution in [1.29, 1.82) is 0 Å². The molecule has 3 N–H and O–H groups in total. The minimum Gasteiger partial charge on any atom is -0.462 e. The van der Waals surface area contributed by atoms with Gasteiger partial charge >= 0.3 is 19.8 Å². The van der Waals surface area contributed by atoms with Gasteiger partial charge in [-0.1, -0.05) is 342 Å². The number of nitrogens with two attached hydrogens (primary N) is 1. The highest BCUT2D eigenvalue weighted by molar-refractivity contribution is 7.47. The minimum atomic E-state index is -4.41. The number of hydrogen-bond donors (Lipinski definition) is 2. The monoisotopic (exact) mass is 1360 g/mol. The van der Waals surface area contributed by atoms with E-state index in [9.17, 15) is 19.0 Å². The molecule has 2 atom stereocenters. The van der Waals surface area contributed by atoms with E-state index in [4.69, 9.17) is 24.3 Å². The Morgan fingerprint density at radius 2 is 0.536 bits per heavy atom. The Morgan fingerprint density at radius 3 is 0.794 bits per heavy atom. The third-order valence-electron chi connectivity index (χ3n) is 15.7. The molecule has 0 saturated carbocycles. The molecule has 0 aromatic rings. The molecule has 0 aromatic heterocycles. The van der Waals surface area contributed by atoms with Gasteiger partial charge in [-0.25, -0.2) is 4.57 Å². The standard InChI is InChI=1S/C87H140NO8P/c1-3-5-7-9-11-13-15-17-19-21-23-25-27-29-31-33-35-37-39-40-41-42-43-44-46-48-50-52-54-56-58-60-62-64-66-68-70-72-74-76-78-80-87(90)96-85(84-95-97(91,92)94-82-81-88)83-93-86(89)79-77-75-73-71-69-67-65-63-61-59-57-55-53-51-49-47-45-38-36-34-32-30-28-26-24-22-20-18-16-14-12-10-8-6-4-2/h5-8,11-14,17-20,23-26,29-32,35-38,40-41,43-44,47-50,53,55,85H,3-4,9-10,15-16,21-22,27-28,33-34,39,42,45-46,51-52,54,56-84,88H2,1-2H3,(H,91,92)/b7-5-,8-6-,13-11-,14-12-,19-17-,20-18-,25-23-,26-24-,31-29-,32-30-,37-35-,38-36-,41-40-,44-43-,49-47-,50-48-,55-53-. The second-order valence-corrected chi connectivity index (χ2v) is 26.2. The predicted molar refractivity (Wildman–Crippen MR) is 421 cm³/mol. The van der Waals surface area contributed by atoms with Crippen LogP contribution in [0.3, 0.4) is 0 Å². The maximum atomic E-state index is 12.8. The average Bonchev–Trinajstić information content (AvgIpc) is 2.57. The van der Waals surface area contributed by atoms with Crippen LogP contribution >= 0.6 is 7.82 Å². The van der Waals surface area contributed by atoms with Crippen LogP contribution in [0.4, 0.5) is 0 Å². The maximum Gasteiger partial charge on any atom is 0.472 e. The van der Waals surface area contributed by atoms with Crippen molar-refractivity contribution in [3.8, 4) is 0 Å². The van der Waals surface area contributed by atoms with Crippen molar-refractivity contribution >= 4 is 19.8 Å². The van der Waals surface area contributed by atoms with Crippen LogP contribution < -0.4 is 5.73 Å². The van der Waals surface area contributed by atoms with Crippen LogP contribution in [0.1, 0.15) is 296 Å². The number of carbonyl (C=O) groups excluding carboxylic acids is 2. The maximum absolute atomic E-state index is 12.8. The summed E-state index contributed by atoms with van der Waals surface area (Å²) in [5, 5.41) is 0. The first kappa shape index (κ1) is 91.6. The number of allylic oxidation sites excluding steroid dienone is 34. The van der Waals surface area contributed by atoms with Gasteiger partial charge in [-0.05, 0) is 148 Å². The van der Waals surface area contributed by atoms with E-state index in [1.807, 2.05) is 0 Å². The highest BCUT2D eigenvalue weighted by Gasteiger charge is 2.26. The average molecular weight is 1360 g/mol. The zero-order chi connectivity index (χ0) is 70.0. The summed E-state index contributed by atoms with van der Waals surface area (Å²) in [6.45, 7) is 3.51. The first-order chi connectivity index (χ1) is 47.8. The Bertz CT molecular complexity index is 2350. The van der Waals surface area contributed by atoms with Gasteiger partial charge in [0.1, 0.15) is 6.61 Å². The van der Waals surface area contributed by atoms with Gasteiger partial charge in [-0.2, -0.15) is 0 Å². The van der Waals surface area contributed by atoms with Crippen LogP contribution in [-0.2, 0) is 32.7 Å². The van der Waals surface area contributed by atoms with Crippen molar-refractivity contribution in [1.82, 2.24) is 0 Å². The molecule has 0 aromatic carbocycles. The molecule has 9 nitrogen and oxygen atoms in total. The van der Waals surface area contributed by atoms with Gasteiger partial charge in [0.25, 0.3) is 0 Å². The smallest absolute Gasteiger partial charge is 0.462 e. The topological polar surface area (TPSA) is 134 Å². The zero-order valence-corrected chi connectivity index (χ0v) is 62.4. The minimum absolute atomic E-state index is 0.0438. The largest absolute Gasteiger partial charge is 0.472 e. The van der Waals surface area contributed by atoms with Crippen molar-refractivity contribution < 1.29 is 37.6 Å². The lowest BCUT2D eigenvalue weighted by molar-refractivity contribution is -0.161. The normalized spacial score (nSPS) is 14.1. The highest BCUT2D eigenvalue weighted by Crippen LogP contribution is 2.43. The highest BCUT2D eigenvalue weighted by atomic mass is 31.2. The summed E-state index contributed by atoms with van der Waals surface area (Å²) >= 11 is 0. The summed E-state index contributed by atoms with van der Waals surface area (Å²) < 4.78 is 33.2. The molecule has 97 heavy (non-hydrogen) atoms. The van der Waals surface area contributed by atoms with Gasteiger partial charge in [-0.15, -0.1) is 0 Å². The Balaban J connectivity index is 3.93. The van der Waals surface area contributed by atoms with E-state index in [2.05, 4.69) is 220 Å². The summed E-state index contributed by atoms with van der Waals surface area (Å²) in [6, 6.07) is 0. The van der Waals surface area contributed by atoms with E-state index in [0.717, 1.165) is 161 Å². The van der Waals surface area contributed by atoms with Crippen molar-refractivity contribution in [2.75, 3.05) is 26.4 Å². The molecular formula is C87H140NO8P. The number of ether oxygens (including phenoxy) is 2. The van der Waals surface area contributed by atoms with Gasteiger partial charge < -0.3 is 20.1 Å². The first-order valence-corrected chi connectivity index (χ1v) is 40.1. The lowest BCUT2D eigenvalue weighted by atomic mass is 10.0. The molecule has 0 fully saturated rings. The van der Waals surface area contributed by atoms with E-state index < -0.39 is 32.5 Å². The van der Waals surface area contributed by atoms with E-state index >= 15 is 0 Å². The zero-order valence-electron chi connectivity index (χ0n) is 61.5. The van der Waals surface area contributed by atoms with Gasteiger partial charge in [0.05, 0.1) is 13.2 Å². The second kappa shape index (κ2) is 79.6. The molecule has 0 radical (unpaired) electrons. The number of rotatable bonds is 70. The number of hydrogen-bond acceptors (Lipinski definition) is 8. The summed E-state index contributed by atoms with van der Waals surface area (Å²) in [6.07, 6.45) is 122. The molecule has 0 spiro atoms. The fourth-order valence-electron chi connectivity index (χ4n) is 10.1. The van der Waals surface area contributed by atoms with Crippen LogP contribution in [0.25, 0.3) is 0 Å². The van der Waals surface area contributed by atoms with Crippen LogP contribution in [0.2, 0.25) is 0 Å². The molecule has 10 heteroatoms.